The Hall–Kier alpha value is -3.70. The molecule has 5 rings (SSSR count). The molecule has 32 heavy (non-hydrogen) atoms. The molecule has 0 saturated heterocycles. The van der Waals surface area contributed by atoms with E-state index in [1.807, 2.05) is 0 Å². The number of anilines is 2. The first-order valence-electron chi connectivity index (χ1n) is 10.0. The maximum atomic E-state index is 12.7. The number of aromatic nitrogens is 7. The molecule has 0 bridgehead atoms. The highest BCUT2D eigenvalue weighted by Gasteiger charge is 2.31. The third-order valence-electron chi connectivity index (χ3n) is 5.37. The van der Waals surface area contributed by atoms with Gasteiger partial charge in [0.05, 0.1) is 18.5 Å². The van der Waals surface area contributed by atoms with Gasteiger partial charge in [0.1, 0.15) is 11.6 Å². The van der Waals surface area contributed by atoms with Gasteiger partial charge in [-0.25, -0.2) is 14.4 Å². The molecule has 0 amide bonds. The zero-order valence-electron chi connectivity index (χ0n) is 17.0. The summed E-state index contributed by atoms with van der Waals surface area (Å²) in [7, 11) is 1.80. The Labute approximate surface area is 180 Å². The van der Waals surface area contributed by atoms with Crippen LogP contribution >= 0.6 is 0 Å². The first kappa shape index (κ1) is 20.2. The monoisotopic (exact) mass is 444 g/mol. The topological polar surface area (TPSA) is 95.1 Å². The minimum Gasteiger partial charge on any atom is -0.478 e. The van der Waals surface area contributed by atoms with Crippen LogP contribution in [0, 0.1) is 0 Å². The number of alkyl halides is 3. The average Bonchev–Trinajstić information content (AvgIpc) is 3.31. The lowest BCUT2D eigenvalue weighted by molar-refractivity contribution is -0.136. The maximum Gasteiger partial charge on any atom is 0.389 e. The van der Waals surface area contributed by atoms with E-state index in [1.54, 1.807) is 52.8 Å². The summed E-state index contributed by atoms with van der Waals surface area (Å²) in [5, 5.41) is 15.6. The minimum atomic E-state index is -4.21. The Kier molecular flexibility index (Phi) is 4.91. The highest BCUT2D eigenvalue weighted by atomic mass is 19.4. The lowest BCUT2D eigenvalue weighted by atomic mass is 9.99. The molecule has 0 aromatic carbocycles. The van der Waals surface area contributed by atoms with E-state index in [-0.39, 0.29) is 12.3 Å². The second kappa shape index (κ2) is 7.77. The van der Waals surface area contributed by atoms with Crippen molar-refractivity contribution in [2.75, 3.05) is 11.9 Å². The molecule has 4 aromatic rings. The lowest BCUT2D eigenvalue weighted by Crippen LogP contribution is -2.12. The summed E-state index contributed by atoms with van der Waals surface area (Å²) in [4.78, 5) is 8.81. The van der Waals surface area contributed by atoms with Crippen molar-refractivity contribution in [3.63, 3.8) is 0 Å². The fraction of sp³-hybridized carbons (Fsp3) is 0.350. The van der Waals surface area contributed by atoms with E-state index < -0.39 is 12.6 Å². The van der Waals surface area contributed by atoms with Gasteiger partial charge in [-0.15, -0.1) is 10.2 Å². The van der Waals surface area contributed by atoms with Gasteiger partial charge in [0.25, 0.3) is 0 Å². The Bertz CT molecular complexity index is 1270. The van der Waals surface area contributed by atoms with Gasteiger partial charge in [-0.1, -0.05) is 0 Å². The highest BCUT2D eigenvalue weighted by Crippen LogP contribution is 2.35. The third-order valence-corrected chi connectivity index (χ3v) is 5.37. The molecule has 9 nitrogen and oxygen atoms in total. The fourth-order valence-corrected chi connectivity index (χ4v) is 3.76. The molecule has 0 unspecified atom stereocenters. The van der Waals surface area contributed by atoms with E-state index in [0.29, 0.717) is 42.0 Å². The number of aryl methyl sites for hydroxylation is 1. The van der Waals surface area contributed by atoms with Gasteiger partial charge in [0, 0.05) is 43.3 Å². The fourth-order valence-electron chi connectivity index (χ4n) is 3.76. The average molecular weight is 444 g/mol. The second-order valence-corrected chi connectivity index (χ2v) is 7.55. The first-order chi connectivity index (χ1) is 15.4. The van der Waals surface area contributed by atoms with Crippen molar-refractivity contribution in [3.8, 4) is 17.1 Å². The minimum absolute atomic E-state index is 0.0518. The first-order valence-corrected chi connectivity index (χ1v) is 10.0. The quantitative estimate of drug-likeness (QED) is 0.499. The summed E-state index contributed by atoms with van der Waals surface area (Å²) < 4.78 is 47.4. The van der Waals surface area contributed by atoms with Gasteiger partial charge in [-0.3, -0.25) is 4.68 Å². The number of halogens is 3. The molecule has 4 aromatic heterocycles. The van der Waals surface area contributed by atoms with Crippen LogP contribution in [0.4, 0.5) is 24.9 Å². The highest BCUT2D eigenvalue weighted by molar-refractivity contribution is 5.67. The predicted octanol–water partition coefficient (Wildman–Crippen LogP) is 3.87. The van der Waals surface area contributed by atoms with Crippen molar-refractivity contribution in [1.82, 2.24) is 34.3 Å². The molecule has 5 heterocycles. The van der Waals surface area contributed by atoms with Gasteiger partial charge < -0.3 is 10.1 Å². The summed E-state index contributed by atoms with van der Waals surface area (Å²) in [6.07, 6.45) is -1.40. The van der Waals surface area contributed by atoms with Crippen molar-refractivity contribution in [2.24, 2.45) is 7.05 Å². The van der Waals surface area contributed by atoms with Crippen LogP contribution < -0.4 is 10.1 Å². The van der Waals surface area contributed by atoms with Crippen molar-refractivity contribution >= 4 is 17.4 Å². The molecule has 0 aliphatic carbocycles. The van der Waals surface area contributed by atoms with Gasteiger partial charge >= 0.3 is 6.18 Å². The molecule has 12 heteroatoms. The molecule has 0 spiro atoms. The molecule has 1 aliphatic rings. The van der Waals surface area contributed by atoms with Crippen LogP contribution in [0.1, 0.15) is 31.0 Å². The number of pyridine rings is 1. The Balaban J connectivity index is 1.48. The van der Waals surface area contributed by atoms with Crippen LogP contribution in [0.2, 0.25) is 0 Å². The van der Waals surface area contributed by atoms with E-state index in [0.717, 1.165) is 11.4 Å². The Morgan fingerprint density at radius 3 is 2.84 bits per heavy atom. The molecular formula is C20H19F3N8O. The lowest BCUT2D eigenvalue weighted by Gasteiger charge is -2.13. The standard InChI is InChI=1S/C20H19F3N8O/c1-30-15(4-8-25-30)27-19-24-7-3-14(26-19)13-10-16-28-29-18-12(2-6-20(21,22)23)5-9-32-17(11-13)31(16)18/h3-4,7-8,10-12H,2,5-6,9H2,1H3,(H,24,26,27)/t12-/m0/s1. The second-order valence-electron chi connectivity index (χ2n) is 7.55. The molecular weight excluding hydrogens is 425 g/mol. The van der Waals surface area contributed by atoms with Gasteiger partial charge in [0.2, 0.25) is 11.8 Å². The summed E-state index contributed by atoms with van der Waals surface area (Å²) in [6, 6.07) is 7.14. The largest absolute Gasteiger partial charge is 0.478 e. The van der Waals surface area contributed by atoms with E-state index in [9.17, 15) is 13.2 Å². The summed E-state index contributed by atoms with van der Waals surface area (Å²) in [5.74, 6) is 1.72. The van der Waals surface area contributed by atoms with E-state index in [2.05, 4.69) is 30.6 Å². The van der Waals surface area contributed by atoms with Crippen LogP contribution in [-0.4, -0.2) is 47.1 Å². The number of rotatable bonds is 5. The smallest absolute Gasteiger partial charge is 0.389 e. The number of ether oxygens (including phenoxy) is 1. The van der Waals surface area contributed by atoms with Crippen molar-refractivity contribution in [3.05, 3.63) is 42.5 Å². The van der Waals surface area contributed by atoms with E-state index in [4.69, 9.17) is 4.74 Å². The molecule has 0 radical (unpaired) electrons. The van der Waals surface area contributed by atoms with Crippen LogP contribution in [0.15, 0.2) is 36.7 Å². The van der Waals surface area contributed by atoms with Crippen LogP contribution in [0.25, 0.3) is 16.9 Å². The Morgan fingerprint density at radius 1 is 1.19 bits per heavy atom. The number of hydrogen-bond donors (Lipinski definition) is 1. The molecule has 0 saturated carbocycles. The molecule has 0 fully saturated rings. The van der Waals surface area contributed by atoms with Crippen LogP contribution in [0.3, 0.4) is 0 Å². The molecule has 1 atom stereocenters. The number of nitrogens with one attached hydrogen (secondary N) is 1. The predicted molar refractivity (Wildman–Crippen MR) is 109 cm³/mol. The third kappa shape index (κ3) is 3.95. The Morgan fingerprint density at radius 2 is 2.06 bits per heavy atom. The van der Waals surface area contributed by atoms with Gasteiger partial charge in [0.15, 0.2) is 5.65 Å². The van der Waals surface area contributed by atoms with Gasteiger partial charge in [-0.2, -0.15) is 18.3 Å². The molecule has 166 valence electrons. The summed E-state index contributed by atoms with van der Waals surface area (Å²) in [5.41, 5.74) is 1.86. The van der Waals surface area contributed by atoms with Gasteiger partial charge in [-0.05, 0) is 25.0 Å². The normalized spacial score (nSPS) is 16.1. The van der Waals surface area contributed by atoms with E-state index in [1.165, 1.54) is 0 Å². The zero-order valence-corrected chi connectivity index (χ0v) is 17.0. The van der Waals surface area contributed by atoms with Crippen LogP contribution in [0.5, 0.6) is 5.88 Å². The molecule has 1 N–H and O–H groups in total. The summed E-state index contributed by atoms with van der Waals surface area (Å²) >= 11 is 0. The number of nitrogens with zero attached hydrogens (tertiary/aromatic N) is 7. The van der Waals surface area contributed by atoms with Crippen LogP contribution in [-0.2, 0) is 7.05 Å². The van der Waals surface area contributed by atoms with E-state index >= 15 is 0 Å². The summed E-state index contributed by atoms with van der Waals surface area (Å²) in [6.45, 7) is 0.293. The van der Waals surface area contributed by atoms with Crippen molar-refractivity contribution in [2.45, 2.75) is 31.4 Å². The van der Waals surface area contributed by atoms with Crippen molar-refractivity contribution in [1.29, 1.82) is 0 Å². The molecule has 1 aliphatic heterocycles. The zero-order chi connectivity index (χ0) is 22.3. The SMILES string of the molecule is Cn1nccc1Nc1nccc(-c2cc3n4c(nnc4c2)[C@@H](CCC(F)(F)F)CCO3)n1. The van der Waals surface area contributed by atoms with Crippen molar-refractivity contribution < 1.29 is 17.9 Å². The maximum absolute atomic E-state index is 12.7. The number of hydrogen-bond acceptors (Lipinski definition) is 7.